The van der Waals surface area contributed by atoms with E-state index in [9.17, 15) is 0 Å². The van der Waals surface area contributed by atoms with Crippen molar-refractivity contribution in [2.75, 3.05) is 0 Å². The third kappa shape index (κ3) is 4.52. The lowest BCUT2D eigenvalue weighted by molar-refractivity contribution is 0.420. The maximum atomic E-state index is 5.09. The van der Waals surface area contributed by atoms with E-state index < -0.39 is 0 Å². The van der Waals surface area contributed by atoms with E-state index in [1.165, 1.54) is 64.2 Å². The predicted octanol–water partition coefficient (Wildman–Crippen LogP) is 5.05. The summed E-state index contributed by atoms with van der Waals surface area (Å²) in [5, 5.41) is 14.3. The third-order valence-corrected chi connectivity index (χ3v) is 6.50. The Balaban J connectivity index is 0.000000151. The molecule has 4 rings (SSSR count). The molecule has 0 saturated heterocycles. The van der Waals surface area contributed by atoms with Gasteiger partial charge in [0.05, 0.1) is 0 Å². The molecule has 0 amide bonds. The highest BCUT2D eigenvalue weighted by Crippen LogP contribution is 2.31. The molecule has 144 valence electrons. The molecule has 6 nitrogen and oxygen atoms in total. The Morgan fingerprint density at radius 3 is 1.31 bits per heavy atom. The Morgan fingerprint density at radius 1 is 0.692 bits per heavy atom. The lowest BCUT2D eigenvalue weighted by Crippen LogP contribution is -2.10. The van der Waals surface area contributed by atoms with Crippen LogP contribution in [0.15, 0.2) is 0 Å². The van der Waals surface area contributed by atoms with Crippen LogP contribution in [0.1, 0.15) is 87.7 Å². The average Bonchev–Trinajstić information content (AvgIpc) is 3.19. The summed E-state index contributed by atoms with van der Waals surface area (Å²) in [5.74, 6) is 3.55. The minimum atomic E-state index is 0.631. The van der Waals surface area contributed by atoms with Crippen LogP contribution in [0.2, 0.25) is 0 Å². The molecule has 26 heavy (non-hydrogen) atoms. The zero-order chi connectivity index (χ0) is 18.5. The minimum Gasteiger partial charge on any atom is -0.307 e. The van der Waals surface area contributed by atoms with Crippen LogP contribution in [0, 0.1) is 9.54 Å². The molecule has 8 heteroatoms. The van der Waals surface area contributed by atoms with Crippen LogP contribution in [0.5, 0.6) is 0 Å². The molecule has 0 radical (unpaired) electrons. The Bertz CT molecular complexity index is 734. The van der Waals surface area contributed by atoms with E-state index in [0.29, 0.717) is 11.8 Å². The van der Waals surface area contributed by atoms with Gasteiger partial charge in [0.1, 0.15) is 11.6 Å². The molecule has 0 unspecified atom stereocenters. The molecule has 2 fully saturated rings. The minimum absolute atomic E-state index is 0.631. The van der Waals surface area contributed by atoms with Crippen molar-refractivity contribution in [3.05, 3.63) is 21.2 Å². The summed E-state index contributed by atoms with van der Waals surface area (Å²) < 4.78 is 5.48. The van der Waals surface area contributed by atoms with E-state index in [2.05, 4.69) is 20.4 Å². The van der Waals surface area contributed by atoms with Crippen molar-refractivity contribution in [3.63, 3.8) is 0 Å². The second-order valence-electron chi connectivity index (χ2n) is 7.56. The average molecular weight is 395 g/mol. The van der Waals surface area contributed by atoms with Gasteiger partial charge in [-0.3, -0.25) is 10.2 Å². The standard InChI is InChI=1S/2C9H15N3S/c2*1-12-8(10-11-9(12)13)7-5-3-2-4-6-7/h2*7H,2-6H2,1H3,(H,11,13). The summed E-state index contributed by atoms with van der Waals surface area (Å²) in [6, 6.07) is 0. The van der Waals surface area contributed by atoms with Gasteiger partial charge in [-0.25, -0.2) is 0 Å². The second kappa shape index (κ2) is 9.08. The van der Waals surface area contributed by atoms with Crippen LogP contribution in [0.3, 0.4) is 0 Å². The summed E-state index contributed by atoms with van der Waals surface area (Å²) in [6.07, 6.45) is 13.2. The first kappa shape index (κ1) is 19.5. The first-order valence-electron chi connectivity index (χ1n) is 9.80. The number of hydrogen-bond acceptors (Lipinski definition) is 4. The van der Waals surface area contributed by atoms with Crippen molar-refractivity contribution >= 4 is 24.4 Å². The van der Waals surface area contributed by atoms with Crippen molar-refractivity contribution in [1.29, 1.82) is 0 Å². The smallest absolute Gasteiger partial charge is 0.194 e. The summed E-state index contributed by atoms with van der Waals surface area (Å²) >= 11 is 10.2. The monoisotopic (exact) mass is 394 g/mol. The molecule has 2 N–H and O–H groups in total. The molecule has 2 saturated carbocycles. The van der Waals surface area contributed by atoms with Gasteiger partial charge in [-0.15, -0.1) is 0 Å². The fourth-order valence-corrected chi connectivity index (χ4v) is 4.45. The van der Waals surface area contributed by atoms with Gasteiger partial charge in [0, 0.05) is 25.9 Å². The van der Waals surface area contributed by atoms with E-state index in [-0.39, 0.29) is 0 Å². The Morgan fingerprint density at radius 2 is 1.04 bits per heavy atom. The molecule has 2 aliphatic rings. The summed E-state index contributed by atoms with van der Waals surface area (Å²) in [4.78, 5) is 0. The first-order valence-corrected chi connectivity index (χ1v) is 10.6. The number of nitrogens with one attached hydrogen (secondary N) is 2. The molecule has 2 heterocycles. The number of rotatable bonds is 2. The molecule has 0 bridgehead atoms. The van der Waals surface area contributed by atoms with Gasteiger partial charge in [-0.2, -0.15) is 10.2 Å². The predicted molar refractivity (Wildman–Crippen MR) is 108 cm³/mol. The molecular weight excluding hydrogens is 364 g/mol. The number of aromatic nitrogens is 6. The molecule has 2 aliphatic carbocycles. The summed E-state index contributed by atoms with van der Waals surface area (Å²) in [7, 11) is 3.99. The summed E-state index contributed by atoms with van der Waals surface area (Å²) in [6.45, 7) is 0. The van der Waals surface area contributed by atoms with Gasteiger partial charge in [-0.05, 0) is 50.1 Å². The highest BCUT2D eigenvalue weighted by molar-refractivity contribution is 7.71. The van der Waals surface area contributed by atoms with E-state index in [4.69, 9.17) is 24.4 Å². The van der Waals surface area contributed by atoms with E-state index in [0.717, 1.165) is 21.2 Å². The number of aromatic amines is 2. The highest BCUT2D eigenvalue weighted by atomic mass is 32.1. The quantitative estimate of drug-likeness (QED) is 0.699. The van der Waals surface area contributed by atoms with Crippen LogP contribution in [0.25, 0.3) is 0 Å². The van der Waals surface area contributed by atoms with Crippen molar-refractivity contribution in [1.82, 2.24) is 29.5 Å². The van der Waals surface area contributed by atoms with Crippen molar-refractivity contribution in [2.45, 2.75) is 76.0 Å². The lowest BCUT2D eigenvalue weighted by Gasteiger charge is -2.20. The third-order valence-electron chi connectivity index (χ3n) is 5.77. The van der Waals surface area contributed by atoms with E-state index in [1.807, 2.05) is 23.2 Å². The van der Waals surface area contributed by atoms with Crippen LogP contribution in [-0.4, -0.2) is 29.5 Å². The molecular formula is C18H30N6S2. The zero-order valence-corrected chi connectivity index (χ0v) is 17.5. The molecule has 0 aliphatic heterocycles. The summed E-state index contributed by atoms with van der Waals surface area (Å²) in [5.41, 5.74) is 0. The van der Waals surface area contributed by atoms with E-state index >= 15 is 0 Å². The Kier molecular flexibility index (Phi) is 6.80. The van der Waals surface area contributed by atoms with Gasteiger partial charge >= 0.3 is 0 Å². The molecule has 0 spiro atoms. The molecule has 2 aromatic heterocycles. The maximum absolute atomic E-state index is 5.09. The topological polar surface area (TPSA) is 67.2 Å². The molecule has 2 aromatic rings. The Labute approximate surface area is 165 Å². The zero-order valence-electron chi connectivity index (χ0n) is 15.8. The second-order valence-corrected chi connectivity index (χ2v) is 8.34. The van der Waals surface area contributed by atoms with Crippen LogP contribution in [-0.2, 0) is 14.1 Å². The number of nitrogens with zero attached hydrogens (tertiary/aromatic N) is 4. The van der Waals surface area contributed by atoms with Gasteiger partial charge in [0.25, 0.3) is 0 Å². The van der Waals surface area contributed by atoms with Crippen molar-refractivity contribution < 1.29 is 0 Å². The SMILES string of the molecule is Cn1c(C2CCCCC2)n[nH]c1=S.Cn1c(C2CCCCC2)n[nH]c1=S. The number of H-pyrrole nitrogens is 2. The normalized spacial score (nSPS) is 19.2. The van der Waals surface area contributed by atoms with Gasteiger partial charge in [-0.1, -0.05) is 38.5 Å². The van der Waals surface area contributed by atoms with Crippen molar-refractivity contribution in [3.8, 4) is 0 Å². The molecule has 0 aromatic carbocycles. The fraction of sp³-hybridized carbons (Fsp3) is 0.778. The molecule has 0 atom stereocenters. The van der Waals surface area contributed by atoms with Gasteiger partial charge in [0.15, 0.2) is 9.54 Å². The lowest BCUT2D eigenvalue weighted by atomic mass is 9.89. The largest absolute Gasteiger partial charge is 0.307 e. The van der Waals surface area contributed by atoms with Crippen molar-refractivity contribution in [2.24, 2.45) is 14.1 Å². The highest BCUT2D eigenvalue weighted by Gasteiger charge is 2.20. The van der Waals surface area contributed by atoms with Crippen LogP contribution in [0.4, 0.5) is 0 Å². The number of hydrogen-bond donors (Lipinski definition) is 2. The fourth-order valence-electron chi connectivity index (χ4n) is 4.17. The van der Waals surface area contributed by atoms with Crippen LogP contribution >= 0.6 is 24.4 Å². The van der Waals surface area contributed by atoms with E-state index in [1.54, 1.807) is 0 Å². The maximum Gasteiger partial charge on any atom is 0.194 e. The first-order chi connectivity index (χ1) is 12.6. The van der Waals surface area contributed by atoms with Gasteiger partial charge in [0.2, 0.25) is 0 Å². The Hall–Kier alpha value is -1.28. The van der Waals surface area contributed by atoms with Crippen LogP contribution < -0.4 is 0 Å². The van der Waals surface area contributed by atoms with Gasteiger partial charge < -0.3 is 9.13 Å².